The number of nitro groups is 1. The van der Waals surface area contributed by atoms with Crippen LogP contribution in [0.1, 0.15) is 52.0 Å². The van der Waals surface area contributed by atoms with Crippen molar-refractivity contribution in [3.05, 3.63) is 153 Å². The summed E-state index contributed by atoms with van der Waals surface area (Å²) < 4.78 is 25.1. The van der Waals surface area contributed by atoms with Crippen molar-refractivity contribution in [3.8, 4) is 0 Å². The van der Waals surface area contributed by atoms with Gasteiger partial charge < -0.3 is 18.9 Å². The maximum absolute atomic E-state index is 16.6. The molecule has 1 N–H and O–H groups in total. The van der Waals surface area contributed by atoms with Crippen molar-refractivity contribution in [2.45, 2.75) is 62.7 Å². The molecule has 6 aromatic rings. The molecule has 3 aliphatic rings. The molecule has 9 rings (SSSR count). The lowest BCUT2D eigenvalue weighted by Gasteiger charge is -2.31. The van der Waals surface area contributed by atoms with Crippen LogP contribution in [-0.2, 0) is 28.2 Å². The second-order valence-corrected chi connectivity index (χ2v) is 19.7. The van der Waals surface area contributed by atoms with Gasteiger partial charge in [0.25, 0.3) is 17.5 Å². The second-order valence-electron chi connectivity index (χ2n) is 16.0. The monoisotopic (exact) mass is 796 g/mol. The molecule has 1 spiro atoms. The SMILES string of the molecule is C[C@H]1[C@H]([Si](C)(C)F)[C@@H](CCn2cc(C(CO)c3ccccc3)nn2)O[C@]12C(=O)N(Cc1cccc(N3C(=O)c4cccc5cccc3c45)c1)c1ccc([N+](=O)[O-])cc12. The van der Waals surface area contributed by atoms with E-state index in [9.17, 15) is 20.0 Å². The Balaban J connectivity index is 1.03. The highest BCUT2D eigenvalue weighted by atomic mass is 28.4. The molecule has 0 aliphatic carbocycles. The number of anilines is 3. The number of ether oxygens (including phenoxy) is 1. The Morgan fingerprint density at radius 1 is 0.966 bits per heavy atom. The Morgan fingerprint density at radius 3 is 2.47 bits per heavy atom. The molecular formula is C44H41FN6O6Si. The van der Waals surface area contributed by atoms with Gasteiger partial charge in [0.15, 0.2) is 5.60 Å². The number of rotatable bonds is 11. The Kier molecular flexibility index (Phi) is 9.10. The fourth-order valence-corrected chi connectivity index (χ4v) is 12.2. The number of amides is 2. The number of aromatic nitrogens is 3. The summed E-state index contributed by atoms with van der Waals surface area (Å²) >= 11 is 0. The van der Waals surface area contributed by atoms with Crippen LogP contribution in [0.5, 0.6) is 0 Å². The topological polar surface area (TPSA) is 144 Å². The lowest BCUT2D eigenvalue weighted by molar-refractivity contribution is -0.385. The van der Waals surface area contributed by atoms with Crippen LogP contribution in [0.25, 0.3) is 10.8 Å². The van der Waals surface area contributed by atoms with Crippen molar-refractivity contribution in [1.82, 2.24) is 15.0 Å². The third-order valence-electron chi connectivity index (χ3n) is 12.2. The standard InChI is InChI=1S/C44H41FN6O6Si/c1-27-41(58(2,3)45)39(20-21-48-25-36(46-47-48)34(26-52)29-11-5-4-6-12-29)57-44(27)35-23-32(51(55)56)18-19-37(35)49(43(44)54)24-28-10-7-15-31(22-28)50-38-17-9-14-30-13-8-16-33(40(30)38)42(50)53/h4-19,22-23,25,27,34,39,41,52H,20-21,24,26H2,1-3H3/t27-,34?,39+,41-,44+/m0/s1. The highest BCUT2D eigenvalue weighted by Crippen LogP contribution is 2.61. The molecule has 3 aliphatic heterocycles. The first-order chi connectivity index (χ1) is 27.9. The number of fused-ring (bicyclic) bond motifs is 2. The van der Waals surface area contributed by atoms with E-state index >= 15 is 8.90 Å². The van der Waals surface area contributed by atoms with Crippen molar-refractivity contribution in [2.75, 3.05) is 16.4 Å². The number of carbonyl (C=O) groups is 2. The number of nitrogens with zero attached hydrogens (tertiary/aromatic N) is 6. The van der Waals surface area contributed by atoms with E-state index in [1.807, 2.05) is 97.9 Å². The van der Waals surface area contributed by atoms with Gasteiger partial charge in [-0.3, -0.25) is 29.3 Å². The zero-order chi connectivity index (χ0) is 40.5. The minimum atomic E-state index is -3.55. The number of hydrogen-bond donors (Lipinski definition) is 1. The molecule has 0 saturated carbocycles. The molecule has 14 heteroatoms. The average molecular weight is 797 g/mol. The Hall–Kier alpha value is -6.09. The minimum absolute atomic E-state index is 0.0788. The van der Waals surface area contributed by atoms with E-state index in [0.29, 0.717) is 41.2 Å². The van der Waals surface area contributed by atoms with Crippen LogP contribution < -0.4 is 9.80 Å². The molecule has 0 radical (unpaired) electrons. The van der Waals surface area contributed by atoms with Gasteiger partial charge in [-0.2, -0.15) is 0 Å². The van der Waals surface area contributed by atoms with E-state index in [1.54, 1.807) is 39.8 Å². The fourth-order valence-electron chi connectivity index (χ4n) is 9.62. The van der Waals surface area contributed by atoms with Gasteiger partial charge in [-0.05, 0) is 66.4 Å². The molecule has 1 aromatic heterocycles. The summed E-state index contributed by atoms with van der Waals surface area (Å²) in [6.45, 7) is 5.26. The molecule has 1 saturated heterocycles. The number of halogens is 1. The molecule has 294 valence electrons. The zero-order valence-corrected chi connectivity index (χ0v) is 33.2. The molecular weight excluding hydrogens is 756 g/mol. The van der Waals surface area contributed by atoms with Crippen molar-refractivity contribution in [2.24, 2.45) is 5.92 Å². The first-order valence-corrected chi connectivity index (χ1v) is 22.3. The van der Waals surface area contributed by atoms with E-state index in [2.05, 4.69) is 10.3 Å². The Labute approximate surface area is 334 Å². The number of aliphatic hydroxyl groups is 1. The van der Waals surface area contributed by atoms with Crippen LogP contribution in [0.15, 0.2) is 115 Å². The van der Waals surface area contributed by atoms with Crippen molar-refractivity contribution < 1.29 is 28.5 Å². The van der Waals surface area contributed by atoms with E-state index < -0.39 is 42.4 Å². The highest BCUT2D eigenvalue weighted by molar-refractivity contribution is 6.72. The van der Waals surface area contributed by atoms with Crippen molar-refractivity contribution in [1.29, 1.82) is 0 Å². The van der Waals surface area contributed by atoms with E-state index in [1.165, 1.54) is 12.1 Å². The second kappa shape index (κ2) is 14.1. The Morgan fingerprint density at radius 2 is 1.72 bits per heavy atom. The highest BCUT2D eigenvalue weighted by Gasteiger charge is 2.67. The quantitative estimate of drug-likeness (QED) is 0.0599. The van der Waals surface area contributed by atoms with Crippen LogP contribution in [0.3, 0.4) is 0 Å². The summed E-state index contributed by atoms with van der Waals surface area (Å²) in [5.74, 6) is -1.61. The van der Waals surface area contributed by atoms with Gasteiger partial charge in [0, 0.05) is 53.0 Å². The van der Waals surface area contributed by atoms with Crippen LogP contribution in [0, 0.1) is 16.0 Å². The number of benzene rings is 5. The van der Waals surface area contributed by atoms with Crippen molar-refractivity contribution >= 4 is 53.7 Å². The fraction of sp³-hybridized carbons (Fsp3) is 0.273. The predicted molar refractivity (Wildman–Crippen MR) is 219 cm³/mol. The van der Waals surface area contributed by atoms with Gasteiger partial charge in [-0.25, -0.2) is 0 Å². The van der Waals surface area contributed by atoms with Gasteiger partial charge >= 0.3 is 0 Å². The third-order valence-corrected chi connectivity index (χ3v) is 14.6. The van der Waals surface area contributed by atoms with Crippen molar-refractivity contribution in [3.63, 3.8) is 0 Å². The lowest BCUT2D eigenvalue weighted by Crippen LogP contribution is -2.45. The summed E-state index contributed by atoms with van der Waals surface area (Å²) in [5.41, 5.74) is 2.51. The number of hydrogen-bond acceptors (Lipinski definition) is 8. The summed E-state index contributed by atoms with van der Waals surface area (Å²) in [4.78, 5) is 43.8. The average Bonchev–Trinajstić information content (AvgIpc) is 3.94. The molecule has 58 heavy (non-hydrogen) atoms. The van der Waals surface area contributed by atoms with Crippen LogP contribution >= 0.6 is 0 Å². The van der Waals surface area contributed by atoms with Crippen LogP contribution in [-0.4, -0.2) is 58.0 Å². The summed E-state index contributed by atoms with van der Waals surface area (Å²) in [5, 5.41) is 32.8. The molecule has 5 aromatic carbocycles. The van der Waals surface area contributed by atoms with Crippen LogP contribution in [0.4, 0.5) is 26.9 Å². The van der Waals surface area contributed by atoms with E-state index in [-0.39, 0.29) is 30.7 Å². The lowest BCUT2D eigenvalue weighted by atomic mass is 9.82. The largest absolute Gasteiger partial charge is 0.395 e. The summed E-state index contributed by atoms with van der Waals surface area (Å²) in [6, 6.07) is 32.8. The maximum Gasteiger partial charge on any atom is 0.269 e. The first kappa shape index (κ1) is 37.5. The number of aliphatic hydroxyl groups excluding tert-OH is 1. The molecule has 5 atom stereocenters. The molecule has 0 bridgehead atoms. The molecule has 4 heterocycles. The van der Waals surface area contributed by atoms with Crippen LogP contribution in [0.2, 0.25) is 18.6 Å². The maximum atomic E-state index is 16.6. The van der Waals surface area contributed by atoms with E-state index in [4.69, 9.17) is 4.74 Å². The van der Waals surface area contributed by atoms with Gasteiger partial charge in [-0.15, -0.1) is 5.10 Å². The molecule has 2 amide bonds. The number of aryl methyl sites for hydroxylation is 1. The van der Waals surface area contributed by atoms with Gasteiger partial charge in [0.05, 0.1) is 52.7 Å². The van der Waals surface area contributed by atoms with Gasteiger partial charge in [-0.1, -0.05) is 78.9 Å². The molecule has 12 nitrogen and oxygen atoms in total. The number of nitro benzene ring substituents is 1. The molecule has 1 unspecified atom stereocenters. The zero-order valence-electron chi connectivity index (χ0n) is 32.2. The number of non-ortho nitro benzene ring substituents is 1. The summed E-state index contributed by atoms with van der Waals surface area (Å²) in [7, 11) is -3.55. The normalized spacial score (nSPS) is 21.7. The smallest absolute Gasteiger partial charge is 0.269 e. The number of carbonyl (C=O) groups excluding carboxylic acids is 2. The van der Waals surface area contributed by atoms with Gasteiger partial charge in [0.1, 0.15) is 0 Å². The minimum Gasteiger partial charge on any atom is -0.395 e. The molecule has 1 fully saturated rings. The Bertz CT molecular complexity index is 2610. The summed E-state index contributed by atoms with van der Waals surface area (Å²) in [6.07, 6.45) is 1.34. The van der Waals surface area contributed by atoms with Gasteiger partial charge in [0.2, 0.25) is 8.41 Å². The first-order valence-electron chi connectivity index (χ1n) is 19.4. The predicted octanol–water partition coefficient (Wildman–Crippen LogP) is 8.17. The van der Waals surface area contributed by atoms with E-state index in [0.717, 1.165) is 27.6 Å². The third kappa shape index (κ3) is 5.93.